The normalized spacial score (nSPS) is 21.1. The third kappa shape index (κ3) is 2.13. The van der Waals surface area contributed by atoms with Gasteiger partial charge < -0.3 is 14.6 Å². The number of hydrogen-bond donors (Lipinski definition) is 1. The summed E-state index contributed by atoms with van der Waals surface area (Å²) in [5.41, 5.74) is 0.894. The van der Waals surface area contributed by atoms with E-state index < -0.39 is 0 Å². The molecule has 0 aliphatic carbocycles. The zero-order chi connectivity index (χ0) is 11.7. The van der Waals surface area contributed by atoms with Crippen molar-refractivity contribution >= 4 is 16.8 Å². The summed E-state index contributed by atoms with van der Waals surface area (Å²) >= 11 is 0. The second kappa shape index (κ2) is 4.37. The van der Waals surface area contributed by atoms with Crippen molar-refractivity contribution < 1.29 is 4.42 Å². The largest absolute Gasteiger partial charge is 0.464 e. The fourth-order valence-corrected chi connectivity index (χ4v) is 2.47. The first-order chi connectivity index (χ1) is 8.33. The second-order valence-corrected chi connectivity index (χ2v) is 4.79. The predicted octanol–water partition coefficient (Wildman–Crippen LogP) is 2.19. The Morgan fingerprint density at radius 1 is 1.53 bits per heavy atom. The summed E-state index contributed by atoms with van der Waals surface area (Å²) in [4.78, 5) is 6.75. The molecule has 4 heteroatoms. The van der Waals surface area contributed by atoms with Gasteiger partial charge in [0.25, 0.3) is 0 Å². The van der Waals surface area contributed by atoms with Gasteiger partial charge in [-0.1, -0.05) is 0 Å². The van der Waals surface area contributed by atoms with Gasteiger partial charge in [-0.15, -0.1) is 0 Å². The molecule has 0 radical (unpaired) electrons. The minimum atomic E-state index is 0.726. The molecular formula is C13H17N3O. The van der Waals surface area contributed by atoms with Gasteiger partial charge in [0.1, 0.15) is 11.4 Å². The van der Waals surface area contributed by atoms with Crippen molar-refractivity contribution in [3.05, 3.63) is 24.6 Å². The number of nitrogens with one attached hydrogen (secondary N) is 1. The SMILES string of the molecule is CN1CCC(CNc2nccc3occc23)C1. The zero-order valence-corrected chi connectivity index (χ0v) is 10.0. The quantitative estimate of drug-likeness (QED) is 0.879. The van der Waals surface area contributed by atoms with Gasteiger partial charge in [0.15, 0.2) is 0 Å². The summed E-state index contributed by atoms with van der Waals surface area (Å²) in [6, 6.07) is 3.86. The van der Waals surface area contributed by atoms with Gasteiger partial charge in [-0.25, -0.2) is 4.98 Å². The van der Waals surface area contributed by atoms with Crippen LogP contribution in [-0.2, 0) is 0 Å². The van der Waals surface area contributed by atoms with Crippen molar-refractivity contribution in [2.24, 2.45) is 5.92 Å². The van der Waals surface area contributed by atoms with E-state index in [9.17, 15) is 0 Å². The molecule has 4 nitrogen and oxygen atoms in total. The van der Waals surface area contributed by atoms with E-state index in [0.717, 1.165) is 29.2 Å². The number of rotatable bonds is 3. The Labute approximate surface area is 101 Å². The highest BCUT2D eigenvalue weighted by Crippen LogP contribution is 2.22. The Kier molecular flexibility index (Phi) is 2.73. The number of aromatic nitrogens is 1. The van der Waals surface area contributed by atoms with Crippen LogP contribution in [0.3, 0.4) is 0 Å². The standard InChI is InChI=1S/C13H17N3O/c1-16-6-3-10(9-16)8-15-13-11-4-7-17-12(11)2-5-14-13/h2,4-5,7,10H,3,6,8-9H2,1H3,(H,14,15). The van der Waals surface area contributed by atoms with Gasteiger partial charge in [0.05, 0.1) is 11.6 Å². The van der Waals surface area contributed by atoms with Crippen LogP contribution >= 0.6 is 0 Å². The predicted molar refractivity (Wildman–Crippen MR) is 68.1 cm³/mol. The van der Waals surface area contributed by atoms with Crippen LogP contribution in [0.15, 0.2) is 29.0 Å². The summed E-state index contributed by atoms with van der Waals surface area (Å²) in [5.74, 6) is 1.66. The molecule has 1 unspecified atom stereocenters. The molecule has 3 heterocycles. The smallest absolute Gasteiger partial charge is 0.139 e. The molecule has 0 aromatic carbocycles. The van der Waals surface area contributed by atoms with Gasteiger partial charge in [-0.05, 0) is 38.1 Å². The maximum atomic E-state index is 5.36. The van der Waals surface area contributed by atoms with E-state index in [1.807, 2.05) is 12.1 Å². The van der Waals surface area contributed by atoms with Crippen molar-refractivity contribution in [1.82, 2.24) is 9.88 Å². The maximum Gasteiger partial charge on any atom is 0.139 e. The first kappa shape index (κ1) is 10.6. The van der Waals surface area contributed by atoms with Crippen LogP contribution in [0.5, 0.6) is 0 Å². The van der Waals surface area contributed by atoms with Gasteiger partial charge in [0.2, 0.25) is 0 Å². The van der Waals surface area contributed by atoms with Crippen LogP contribution in [0.2, 0.25) is 0 Å². The average Bonchev–Trinajstić information content (AvgIpc) is 2.94. The lowest BCUT2D eigenvalue weighted by Gasteiger charge is -2.12. The lowest BCUT2D eigenvalue weighted by molar-refractivity contribution is 0.399. The summed E-state index contributed by atoms with van der Waals surface area (Å²) < 4.78 is 5.36. The van der Waals surface area contributed by atoms with Crippen molar-refractivity contribution in [2.45, 2.75) is 6.42 Å². The minimum Gasteiger partial charge on any atom is -0.464 e. The van der Waals surface area contributed by atoms with Crippen molar-refractivity contribution in [2.75, 3.05) is 32.0 Å². The number of likely N-dealkylation sites (tertiary alicyclic amines) is 1. The molecule has 1 atom stereocenters. The first-order valence-corrected chi connectivity index (χ1v) is 6.07. The summed E-state index contributed by atoms with van der Waals surface area (Å²) in [6.45, 7) is 3.37. The number of anilines is 1. The summed E-state index contributed by atoms with van der Waals surface area (Å²) in [5, 5.41) is 4.51. The number of nitrogens with zero attached hydrogens (tertiary/aromatic N) is 2. The molecule has 0 amide bonds. The molecule has 2 aromatic heterocycles. The molecule has 0 spiro atoms. The Balaban J connectivity index is 1.70. The molecule has 0 bridgehead atoms. The van der Waals surface area contributed by atoms with Gasteiger partial charge in [-0.2, -0.15) is 0 Å². The molecular weight excluding hydrogens is 214 g/mol. The minimum absolute atomic E-state index is 0.726. The Morgan fingerprint density at radius 2 is 2.47 bits per heavy atom. The van der Waals surface area contributed by atoms with E-state index in [0.29, 0.717) is 0 Å². The lowest BCUT2D eigenvalue weighted by Crippen LogP contribution is -2.19. The van der Waals surface area contributed by atoms with Crippen LogP contribution in [0.25, 0.3) is 11.0 Å². The van der Waals surface area contributed by atoms with Gasteiger partial charge >= 0.3 is 0 Å². The maximum absolute atomic E-state index is 5.36. The highest BCUT2D eigenvalue weighted by molar-refractivity contribution is 5.87. The Bertz CT molecular complexity index is 508. The highest BCUT2D eigenvalue weighted by atomic mass is 16.3. The molecule has 1 aliphatic heterocycles. The molecule has 90 valence electrons. The average molecular weight is 231 g/mol. The molecule has 3 rings (SSSR count). The van der Waals surface area contributed by atoms with Crippen LogP contribution in [0.1, 0.15) is 6.42 Å². The Hall–Kier alpha value is -1.55. The molecule has 1 aliphatic rings. The zero-order valence-electron chi connectivity index (χ0n) is 10.0. The molecule has 1 fully saturated rings. The van der Waals surface area contributed by atoms with Gasteiger partial charge in [0, 0.05) is 19.3 Å². The van der Waals surface area contributed by atoms with E-state index in [2.05, 4.69) is 22.2 Å². The fourth-order valence-electron chi connectivity index (χ4n) is 2.47. The molecule has 0 saturated carbocycles. The number of pyridine rings is 1. The van der Waals surface area contributed by atoms with Crippen molar-refractivity contribution in [1.29, 1.82) is 0 Å². The van der Waals surface area contributed by atoms with E-state index in [4.69, 9.17) is 4.42 Å². The van der Waals surface area contributed by atoms with E-state index in [1.54, 1.807) is 12.5 Å². The van der Waals surface area contributed by atoms with Crippen LogP contribution in [0, 0.1) is 5.92 Å². The van der Waals surface area contributed by atoms with Crippen LogP contribution in [-0.4, -0.2) is 36.6 Å². The number of hydrogen-bond acceptors (Lipinski definition) is 4. The summed E-state index contributed by atoms with van der Waals surface area (Å²) in [6.07, 6.45) is 4.76. The van der Waals surface area contributed by atoms with Crippen molar-refractivity contribution in [3.8, 4) is 0 Å². The molecule has 2 aromatic rings. The van der Waals surface area contributed by atoms with Crippen LogP contribution in [0.4, 0.5) is 5.82 Å². The monoisotopic (exact) mass is 231 g/mol. The van der Waals surface area contributed by atoms with E-state index in [1.165, 1.54) is 19.5 Å². The first-order valence-electron chi connectivity index (χ1n) is 6.07. The fraction of sp³-hybridized carbons (Fsp3) is 0.462. The highest BCUT2D eigenvalue weighted by Gasteiger charge is 2.19. The van der Waals surface area contributed by atoms with E-state index >= 15 is 0 Å². The lowest BCUT2D eigenvalue weighted by atomic mass is 10.1. The summed E-state index contributed by atoms with van der Waals surface area (Å²) in [7, 11) is 2.18. The topological polar surface area (TPSA) is 41.3 Å². The van der Waals surface area contributed by atoms with Crippen molar-refractivity contribution in [3.63, 3.8) is 0 Å². The number of furan rings is 1. The van der Waals surface area contributed by atoms with Gasteiger partial charge in [-0.3, -0.25) is 0 Å². The Morgan fingerprint density at radius 3 is 3.29 bits per heavy atom. The second-order valence-electron chi connectivity index (χ2n) is 4.79. The van der Waals surface area contributed by atoms with Crippen LogP contribution < -0.4 is 5.32 Å². The van der Waals surface area contributed by atoms with E-state index in [-0.39, 0.29) is 0 Å². The number of fused-ring (bicyclic) bond motifs is 1. The third-order valence-corrected chi connectivity index (χ3v) is 3.43. The third-order valence-electron chi connectivity index (χ3n) is 3.43. The molecule has 1 N–H and O–H groups in total. The molecule has 1 saturated heterocycles. The molecule has 17 heavy (non-hydrogen) atoms.